The van der Waals surface area contributed by atoms with Crippen molar-refractivity contribution >= 4 is 0 Å². The fraction of sp³-hybridized carbons (Fsp3) is 0.615. The van der Waals surface area contributed by atoms with Gasteiger partial charge in [0.2, 0.25) is 0 Å². The number of nitrogens with one attached hydrogen (secondary N) is 1. The summed E-state index contributed by atoms with van der Waals surface area (Å²) in [5.74, 6) is 0.705. The van der Waals surface area contributed by atoms with E-state index in [2.05, 4.69) is 10.3 Å². The van der Waals surface area contributed by atoms with Gasteiger partial charge in [-0.25, -0.2) is 9.37 Å². The maximum absolute atomic E-state index is 14.1. The van der Waals surface area contributed by atoms with Crippen LogP contribution < -0.4 is 10.1 Å². The van der Waals surface area contributed by atoms with Gasteiger partial charge in [-0.2, -0.15) is 0 Å². The van der Waals surface area contributed by atoms with Gasteiger partial charge in [-0.15, -0.1) is 0 Å². The third-order valence-corrected chi connectivity index (χ3v) is 3.45. The molecule has 2 unspecified atom stereocenters. The Hall–Kier alpha value is -1.16. The molecule has 0 aliphatic heterocycles. The lowest BCUT2D eigenvalue weighted by Gasteiger charge is -2.37. The summed E-state index contributed by atoms with van der Waals surface area (Å²) < 4.78 is 19.3. The molecule has 1 N–H and O–H groups in total. The fourth-order valence-corrected chi connectivity index (χ4v) is 2.45. The van der Waals surface area contributed by atoms with Crippen LogP contribution in [0, 0.1) is 11.7 Å². The Morgan fingerprint density at radius 1 is 1.53 bits per heavy atom. The summed E-state index contributed by atoms with van der Waals surface area (Å²) in [7, 11) is 1.93. The highest BCUT2D eigenvalue weighted by Gasteiger charge is 2.34. The molecule has 0 bridgehead atoms. The predicted molar refractivity (Wildman–Crippen MR) is 64.8 cm³/mol. The van der Waals surface area contributed by atoms with E-state index in [1.165, 1.54) is 0 Å². The average Bonchev–Trinajstić information content (AvgIpc) is 2.30. The molecule has 2 rings (SSSR count). The maximum Gasteiger partial charge on any atom is 0.250 e. The summed E-state index contributed by atoms with van der Waals surface area (Å²) in [5.41, 5.74) is 0.759. The van der Waals surface area contributed by atoms with Crippen molar-refractivity contribution in [3.05, 3.63) is 23.6 Å². The van der Waals surface area contributed by atoms with E-state index in [9.17, 15) is 4.39 Å². The lowest BCUT2D eigenvalue weighted by molar-refractivity contribution is 0.240. The molecular formula is C13H19FN2O. The summed E-state index contributed by atoms with van der Waals surface area (Å²) in [6.45, 7) is 3.22. The van der Waals surface area contributed by atoms with E-state index in [0.717, 1.165) is 24.9 Å². The first kappa shape index (κ1) is 12.3. The molecule has 1 aromatic rings. The summed E-state index contributed by atoms with van der Waals surface area (Å²) in [6.07, 6.45) is 3.86. The van der Waals surface area contributed by atoms with Crippen LogP contribution in [0.2, 0.25) is 0 Å². The summed E-state index contributed by atoms with van der Waals surface area (Å²) >= 11 is 0. The van der Waals surface area contributed by atoms with E-state index in [-0.39, 0.29) is 11.7 Å². The van der Waals surface area contributed by atoms with Gasteiger partial charge in [-0.1, -0.05) is 0 Å². The Labute approximate surface area is 101 Å². The van der Waals surface area contributed by atoms with Gasteiger partial charge in [0, 0.05) is 6.20 Å². The van der Waals surface area contributed by atoms with Crippen LogP contribution in [-0.2, 0) is 0 Å². The van der Waals surface area contributed by atoms with Crippen molar-refractivity contribution in [3.63, 3.8) is 0 Å². The molecule has 1 heterocycles. The SMILES string of the molecule is CCOc1nccc(C2CCC2CNC)c1F. The van der Waals surface area contributed by atoms with Crippen molar-refractivity contribution in [2.45, 2.75) is 25.7 Å². The highest BCUT2D eigenvalue weighted by atomic mass is 19.1. The molecule has 2 atom stereocenters. The first-order valence-electron chi connectivity index (χ1n) is 6.19. The van der Waals surface area contributed by atoms with E-state index in [0.29, 0.717) is 18.4 Å². The van der Waals surface area contributed by atoms with E-state index in [1.807, 2.05) is 14.0 Å². The highest BCUT2D eigenvalue weighted by molar-refractivity contribution is 5.29. The fourth-order valence-electron chi connectivity index (χ4n) is 2.45. The second-order valence-electron chi connectivity index (χ2n) is 4.45. The van der Waals surface area contributed by atoms with Crippen molar-refractivity contribution in [2.75, 3.05) is 20.2 Å². The third-order valence-electron chi connectivity index (χ3n) is 3.45. The van der Waals surface area contributed by atoms with Crippen LogP contribution in [0.1, 0.15) is 31.2 Å². The van der Waals surface area contributed by atoms with Crippen molar-refractivity contribution in [2.24, 2.45) is 5.92 Å². The van der Waals surface area contributed by atoms with E-state index < -0.39 is 0 Å². The Morgan fingerprint density at radius 3 is 2.94 bits per heavy atom. The van der Waals surface area contributed by atoms with Crippen molar-refractivity contribution in [3.8, 4) is 5.88 Å². The lowest BCUT2D eigenvalue weighted by Crippen LogP contribution is -2.32. The number of pyridine rings is 1. The van der Waals surface area contributed by atoms with E-state index in [4.69, 9.17) is 4.74 Å². The van der Waals surface area contributed by atoms with Gasteiger partial charge < -0.3 is 10.1 Å². The Bertz CT molecular complexity index is 384. The molecule has 1 aliphatic rings. The number of aromatic nitrogens is 1. The second-order valence-corrected chi connectivity index (χ2v) is 4.45. The number of ether oxygens (including phenoxy) is 1. The molecule has 94 valence electrons. The number of rotatable bonds is 5. The van der Waals surface area contributed by atoms with Gasteiger partial charge in [0.05, 0.1) is 6.61 Å². The number of hydrogen-bond donors (Lipinski definition) is 1. The Morgan fingerprint density at radius 2 is 2.35 bits per heavy atom. The molecule has 17 heavy (non-hydrogen) atoms. The Kier molecular flexibility index (Phi) is 3.94. The molecule has 0 aromatic carbocycles. The van der Waals surface area contributed by atoms with Gasteiger partial charge in [0.25, 0.3) is 5.88 Å². The summed E-state index contributed by atoms with van der Waals surface area (Å²) in [5, 5.41) is 3.16. The molecule has 1 aliphatic carbocycles. The predicted octanol–water partition coefficient (Wildman–Crippen LogP) is 2.33. The quantitative estimate of drug-likeness (QED) is 0.855. The van der Waals surface area contributed by atoms with Crippen molar-refractivity contribution in [1.82, 2.24) is 10.3 Å². The lowest BCUT2D eigenvalue weighted by atomic mass is 9.70. The zero-order valence-corrected chi connectivity index (χ0v) is 10.4. The van der Waals surface area contributed by atoms with Gasteiger partial charge in [0.15, 0.2) is 5.82 Å². The first-order chi connectivity index (χ1) is 8.27. The van der Waals surface area contributed by atoms with Crippen LogP contribution in [-0.4, -0.2) is 25.2 Å². The Balaban J connectivity index is 2.18. The molecule has 1 aromatic heterocycles. The molecular weight excluding hydrogens is 219 g/mol. The summed E-state index contributed by atoms with van der Waals surface area (Å²) in [4.78, 5) is 3.93. The normalized spacial score (nSPS) is 23.2. The van der Waals surface area contributed by atoms with Gasteiger partial charge in [-0.05, 0) is 56.8 Å². The van der Waals surface area contributed by atoms with Crippen LogP contribution in [0.4, 0.5) is 4.39 Å². The molecule has 0 spiro atoms. The van der Waals surface area contributed by atoms with Gasteiger partial charge >= 0.3 is 0 Å². The molecule has 1 fully saturated rings. The molecule has 0 amide bonds. The molecule has 3 nitrogen and oxygen atoms in total. The minimum atomic E-state index is -0.278. The van der Waals surface area contributed by atoms with Gasteiger partial charge in [-0.3, -0.25) is 0 Å². The van der Waals surface area contributed by atoms with Crippen molar-refractivity contribution < 1.29 is 9.13 Å². The maximum atomic E-state index is 14.1. The summed E-state index contributed by atoms with van der Waals surface area (Å²) in [6, 6.07) is 1.78. The standard InChI is InChI=1S/C13H19FN2O/c1-3-17-13-12(14)11(6-7-16-13)10-5-4-9(10)8-15-2/h6-7,9-10,15H,3-5,8H2,1-2H3. The molecule has 1 saturated carbocycles. The van der Waals surface area contributed by atoms with Crippen LogP contribution in [0.25, 0.3) is 0 Å². The second kappa shape index (κ2) is 5.45. The van der Waals surface area contributed by atoms with Crippen LogP contribution in [0.3, 0.4) is 0 Å². The number of hydrogen-bond acceptors (Lipinski definition) is 3. The monoisotopic (exact) mass is 238 g/mol. The van der Waals surface area contributed by atoms with Gasteiger partial charge in [0.1, 0.15) is 0 Å². The van der Waals surface area contributed by atoms with Crippen LogP contribution in [0.15, 0.2) is 12.3 Å². The van der Waals surface area contributed by atoms with E-state index in [1.54, 1.807) is 12.3 Å². The van der Waals surface area contributed by atoms with Crippen molar-refractivity contribution in [1.29, 1.82) is 0 Å². The smallest absolute Gasteiger partial charge is 0.250 e. The number of nitrogens with zero attached hydrogens (tertiary/aromatic N) is 1. The average molecular weight is 238 g/mol. The molecule has 0 saturated heterocycles. The van der Waals surface area contributed by atoms with Crippen LogP contribution in [0.5, 0.6) is 5.88 Å². The zero-order chi connectivity index (χ0) is 12.3. The largest absolute Gasteiger partial charge is 0.476 e. The molecule has 0 radical (unpaired) electrons. The topological polar surface area (TPSA) is 34.1 Å². The minimum absolute atomic E-state index is 0.139. The zero-order valence-electron chi connectivity index (χ0n) is 10.4. The molecule has 4 heteroatoms. The minimum Gasteiger partial charge on any atom is -0.476 e. The first-order valence-corrected chi connectivity index (χ1v) is 6.19. The number of halogens is 1. The highest BCUT2D eigenvalue weighted by Crippen LogP contribution is 2.43. The van der Waals surface area contributed by atoms with Crippen LogP contribution >= 0.6 is 0 Å². The third kappa shape index (κ3) is 2.41. The van der Waals surface area contributed by atoms with E-state index >= 15 is 0 Å².